The molecule has 0 saturated carbocycles. The molecule has 3 N–H and O–H groups in total. The van der Waals surface area contributed by atoms with Gasteiger partial charge in [-0.3, -0.25) is 0 Å². The molecule has 0 bridgehead atoms. The van der Waals surface area contributed by atoms with Crippen LogP contribution in [0.3, 0.4) is 0 Å². The van der Waals surface area contributed by atoms with Crippen molar-refractivity contribution >= 4 is 28.4 Å². The summed E-state index contributed by atoms with van der Waals surface area (Å²) in [6.45, 7) is 2.24. The Morgan fingerprint density at radius 2 is 2.05 bits per heavy atom. The summed E-state index contributed by atoms with van der Waals surface area (Å²) < 4.78 is 31.2. The lowest BCUT2D eigenvalue weighted by atomic mass is 10.1. The predicted octanol–water partition coefficient (Wildman–Crippen LogP) is 0.831. The van der Waals surface area contributed by atoms with Gasteiger partial charge in [0, 0.05) is 6.54 Å². The lowest BCUT2D eigenvalue weighted by Crippen LogP contribution is -2.27. The van der Waals surface area contributed by atoms with Gasteiger partial charge in [0.2, 0.25) is 10.0 Å². The molecule has 0 amide bonds. The lowest BCUT2D eigenvalue weighted by Gasteiger charge is -2.11. The van der Waals surface area contributed by atoms with Gasteiger partial charge in [-0.2, -0.15) is 0 Å². The normalized spacial score (nSPS) is 10.8. The van der Waals surface area contributed by atoms with Gasteiger partial charge < -0.3 is 10.5 Å². The molecule has 0 atom stereocenters. The fourth-order valence-corrected chi connectivity index (χ4v) is 2.96. The topological polar surface area (TPSA) is 98.5 Å². The van der Waals surface area contributed by atoms with Crippen LogP contribution < -0.4 is 10.5 Å². The number of methoxy groups -OCH3 is 1. The predicted molar refractivity (Wildman–Crippen MR) is 78.6 cm³/mol. The van der Waals surface area contributed by atoms with Crippen LogP contribution in [-0.2, 0) is 14.8 Å². The van der Waals surface area contributed by atoms with Gasteiger partial charge in [0.05, 0.1) is 17.6 Å². The highest BCUT2D eigenvalue weighted by Gasteiger charge is 2.20. The SMILES string of the molecule is COC(=O)c1cccc(S(=O)(=O)NCCCN)c1C.Cl. The van der Waals surface area contributed by atoms with Gasteiger partial charge >= 0.3 is 5.97 Å². The number of hydrogen-bond acceptors (Lipinski definition) is 5. The number of halogens is 1. The van der Waals surface area contributed by atoms with E-state index in [1.807, 2.05) is 0 Å². The summed E-state index contributed by atoms with van der Waals surface area (Å²) in [5, 5.41) is 0. The summed E-state index contributed by atoms with van der Waals surface area (Å²) in [5.41, 5.74) is 5.92. The summed E-state index contributed by atoms with van der Waals surface area (Å²) >= 11 is 0. The van der Waals surface area contributed by atoms with Crippen LogP contribution in [0.25, 0.3) is 0 Å². The Bertz CT molecular complexity index is 561. The van der Waals surface area contributed by atoms with Crippen molar-refractivity contribution in [1.82, 2.24) is 4.72 Å². The number of carbonyl (C=O) groups is 1. The first kappa shape index (κ1) is 18.9. The average molecular weight is 323 g/mol. The van der Waals surface area contributed by atoms with Crippen LogP contribution in [0.15, 0.2) is 23.1 Å². The van der Waals surface area contributed by atoms with Gasteiger partial charge in [-0.15, -0.1) is 12.4 Å². The molecule has 0 spiro atoms. The molecular weight excluding hydrogens is 304 g/mol. The van der Waals surface area contributed by atoms with Crippen molar-refractivity contribution < 1.29 is 17.9 Å². The number of hydrogen-bond donors (Lipinski definition) is 2. The number of ether oxygens (including phenoxy) is 1. The minimum atomic E-state index is -3.64. The molecule has 1 rings (SSSR count). The quantitative estimate of drug-likeness (QED) is 0.597. The van der Waals surface area contributed by atoms with Crippen LogP contribution in [0, 0.1) is 6.92 Å². The second-order valence-corrected chi connectivity index (χ2v) is 5.70. The highest BCUT2D eigenvalue weighted by Crippen LogP contribution is 2.19. The maximum Gasteiger partial charge on any atom is 0.338 e. The van der Waals surface area contributed by atoms with Crippen molar-refractivity contribution in [2.45, 2.75) is 18.2 Å². The van der Waals surface area contributed by atoms with E-state index in [2.05, 4.69) is 9.46 Å². The summed E-state index contributed by atoms with van der Waals surface area (Å²) in [7, 11) is -2.39. The second-order valence-electron chi connectivity index (χ2n) is 3.96. The van der Waals surface area contributed by atoms with Gasteiger partial charge in [0.1, 0.15) is 0 Å². The van der Waals surface area contributed by atoms with E-state index in [4.69, 9.17) is 5.73 Å². The molecule has 0 unspecified atom stereocenters. The fourth-order valence-electron chi connectivity index (χ4n) is 1.62. The maximum absolute atomic E-state index is 12.1. The number of esters is 1. The van der Waals surface area contributed by atoms with Crippen molar-refractivity contribution in [1.29, 1.82) is 0 Å². The first-order valence-electron chi connectivity index (χ1n) is 5.81. The molecule has 6 nitrogen and oxygen atoms in total. The minimum Gasteiger partial charge on any atom is -0.465 e. The third-order valence-electron chi connectivity index (χ3n) is 2.65. The van der Waals surface area contributed by atoms with E-state index in [0.29, 0.717) is 18.5 Å². The van der Waals surface area contributed by atoms with Crippen LogP contribution in [0.2, 0.25) is 0 Å². The Labute approximate surface area is 125 Å². The number of sulfonamides is 1. The number of nitrogens with one attached hydrogen (secondary N) is 1. The van der Waals surface area contributed by atoms with Crippen molar-refractivity contribution in [2.24, 2.45) is 5.73 Å². The standard InChI is InChI=1S/C12H18N2O4S.ClH/c1-9-10(12(15)18-2)5-3-6-11(9)19(16,17)14-8-4-7-13;/h3,5-6,14H,4,7-8,13H2,1-2H3;1H. The maximum atomic E-state index is 12.1. The molecule has 0 radical (unpaired) electrons. The molecule has 0 heterocycles. The summed E-state index contributed by atoms with van der Waals surface area (Å²) in [4.78, 5) is 11.6. The van der Waals surface area contributed by atoms with Gasteiger partial charge in [-0.25, -0.2) is 17.9 Å². The Balaban J connectivity index is 0.00000361. The summed E-state index contributed by atoms with van der Waals surface area (Å²) in [6, 6.07) is 4.49. The van der Waals surface area contributed by atoms with Gasteiger partial charge in [-0.1, -0.05) is 6.07 Å². The number of nitrogens with two attached hydrogens (primary N) is 1. The van der Waals surface area contributed by atoms with Crippen molar-refractivity contribution in [3.8, 4) is 0 Å². The molecule has 0 aliphatic rings. The number of rotatable bonds is 6. The molecule has 0 aliphatic carbocycles. The van der Waals surface area contributed by atoms with Crippen LogP contribution >= 0.6 is 12.4 Å². The minimum absolute atomic E-state index is 0. The molecule has 1 aromatic rings. The van der Waals surface area contributed by atoms with E-state index in [0.717, 1.165) is 0 Å². The molecule has 0 saturated heterocycles. The Kier molecular flexibility index (Phi) is 7.74. The largest absolute Gasteiger partial charge is 0.465 e. The van der Waals surface area contributed by atoms with E-state index < -0.39 is 16.0 Å². The molecule has 8 heteroatoms. The van der Waals surface area contributed by atoms with Gasteiger partial charge in [0.15, 0.2) is 0 Å². The molecular formula is C12H19ClN2O4S. The molecule has 114 valence electrons. The first-order valence-corrected chi connectivity index (χ1v) is 7.30. The highest BCUT2D eigenvalue weighted by molar-refractivity contribution is 7.89. The third kappa shape index (κ3) is 4.45. The third-order valence-corrected chi connectivity index (χ3v) is 4.26. The molecule has 0 fully saturated rings. The summed E-state index contributed by atoms with van der Waals surface area (Å²) in [6.07, 6.45) is 0.551. The zero-order valence-corrected chi connectivity index (χ0v) is 13.0. The Hall–Kier alpha value is -1.15. The monoisotopic (exact) mass is 322 g/mol. The Morgan fingerprint density at radius 1 is 1.40 bits per heavy atom. The van der Waals surface area contributed by atoms with Crippen LogP contribution in [-0.4, -0.2) is 34.6 Å². The molecule has 20 heavy (non-hydrogen) atoms. The highest BCUT2D eigenvalue weighted by atomic mass is 35.5. The van der Waals surface area contributed by atoms with E-state index in [-0.39, 0.29) is 29.4 Å². The van der Waals surface area contributed by atoms with E-state index >= 15 is 0 Å². The van der Waals surface area contributed by atoms with Crippen LogP contribution in [0.1, 0.15) is 22.3 Å². The molecule has 1 aromatic carbocycles. The lowest BCUT2D eigenvalue weighted by molar-refractivity contribution is 0.0599. The van der Waals surface area contributed by atoms with Crippen molar-refractivity contribution in [3.05, 3.63) is 29.3 Å². The summed E-state index contributed by atoms with van der Waals surface area (Å²) in [5.74, 6) is -0.559. The van der Waals surface area contributed by atoms with Crippen LogP contribution in [0.4, 0.5) is 0 Å². The molecule has 0 aliphatic heterocycles. The van der Waals surface area contributed by atoms with E-state index in [1.54, 1.807) is 6.92 Å². The van der Waals surface area contributed by atoms with Gasteiger partial charge in [0.25, 0.3) is 0 Å². The van der Waals surface area contributed by atoms with Gasteiger partial charge in [-0.05, 0) is 37.6 Å². The smallest absolute Gasteiger partial charge is 0.338 e. The van der Waals surface area contributed by atoms with E-state index in [1.165, 1.54) is 25.3 Å². The second kappa shape index (κ2) is 8.21. The van der Waals surface area contributed by atoms with Crippen molar-refractivity contribution in [2.75, 3.05) is 20.2 Å². The number of carbonyl (C=O) groups excluding carboxylic acids is 1. The number of benzene rings is 1. The van der Waals surface area contributed by atoms with Crippen LogP contribution in [0.5, 0.6) is 0 Å². The zero-order valence-electron chi connectivity index (χ0n) is 11.4. The van der Waals surface area contributed by atoms with E-state index in [9.17, 15) is 13.2 Å². The first-order chi connectivity index (χ1) is 8.94. The Morgan fingerprint density at radius 3 is 2.60 bits per heavy atom. The molecule has 0 aromatic heterocycles. The zero-order chi connectivity index (χ0) is 14.5. The van der Waals surface area contributed by atoms with Crippen molar-refractivity contribution in [3.63, 3.8) is 0 Å². The fraction of sp³-hybridized carbons (Fsp3) is 0.417. The average Bonchev–Trinajstić information content (AvgIpc) is 2.38.